The Morgan fingerprint density at radius 1 is 1.22 bits per heavy atom. The molecule has 3 atom stereocenters. The highest BCUT2D eigenvalue weighted by atomic mass is 35.5. The third kappa shape index (κ3) is 4.04. The number of nitrogens with zero attached hydrogens (tertiary/aromatic N) is 1. The van der Waals surface area contributed by atoms with Crippen molar-refractivity contribution in [3.05, 3.63) is 58.7 Å². The van der Waals surface area contributed by atoms with E-state index in [4.69, 9.17) is 16.3 Å². The van der Waals surface area contributed by atoms with Crippen LogP contribution in [0.3, 0.4) is 0 Å². The summed E-state index contributed by atoms with van der Waals surface area (Å²) >= 11 is 6.02. The van der Waals surface area contributed by atoms with Crippen LogP contribution in [0.25, 0.3) is 0 Å². The highest BCUT2D eigenvalue weighted by Gasteiger charge is 2.32. The van der Waals surface area contributed by atoms with E-state index in [9.17, 15) is 0 Å². The Morgan fingerprint density at radius 2 is 2.00 bits per heavy atom. The molecule has 1 N–H and O–H groups in total. The van der Waals surface area contributed by atoms with Crippen LogP contribution in [0.1, 0.15) is 30.4 Å². The first-order valence-corrected chi connectivity index (χ1v) is 8.57. The van der Waals surface area contributed by atoms with Crippen molar-refractivity contribution in [1.29, 1.82) is 0 Å². The largest absolute Gasteiger partial charge is 0.474 e. The second kappa shape index (κ2) is 7.33. The quantitative estimate of drug-likeness (QED) is 0.912. The van der Waals surface area contributed by atoms with Gasteiger partial charge in [-0.1, -0.05) is 29.8 Å². The summed E-state index contributed by atoms with van der Waals surface area (Å²) in [4.78, 5) is 4.37. The van der Waals surface area contributed by atoms with Gasteiger partial charge in [0.25, 0.3) is 0 Å². The van der Waals surface area contributed by atoms with Gasteiger partial charge in [0.2, 0.25) is 5.88 Å². The van der Waals surface area contributed by atoms with E-state index in [1.807, 2.05) is 37.4 Å². The molecule has 3 rings (SSSR count). The fourth-order valence-corrected chi connectivity index (χ4v) is 3.44. The number of benzene rings is 1. The molecule has 1 saturated heterocycles. The molecule has 0 radical (unpaired) electrons. The molecule has 0 unspecified atom stereocenters. The molecule has 1 fully saturated rings. The average molecular weight is 331 g/mol. The molecule has 1 aliphatic rings. The van der Waals surface area contributed by atoms with Crippen LogP contribution < -0.4 is 10.1 Å². The van der Waals surface area contributed by atoms with Crippen molar-refractivity contribution in [2.75, 3.05) is 13.1 Å². The Balaban J connectivity index is 1.74. The predicted octanol–water partition coefficient (Wildman–Crippen LogP) is 4.20. The molecule has 1 aromatic carbocycles. The third-order valence-corrected chi connectivity index (χ3v) is 4.88. The van der Waals surface area contributed by atoms with Crippen LogP contribution in [0.5, 0.6) is 5.88 Å². The summed E-state index contributed by atoms with van der Waals surface area (Å²) in [5.74, 6) is 1.60. The molecular weight excluding hydrogens is 308 g/mol. The Labute approximate surface area is 143 Å². The van der Waals surface area contributed by atoms with E-state index < -0.39 is 0 Å². The van der Waals surface area contributed by atoms with Gasteiger partial charge in [0.1, 0.15) is 6.10 Å². The first kappa shape index (κ1) is 16.3. The maximum atomic E-state index is 6.12. The summed E-state index contributed by atoms with van der Waals surface area (Å²) in [6, 6.07) is 12.2. The number of aryl methyl sites for hydroxylation is 1. The van der Waals surface area contributed by atoms with Gasteiger partial charge in [-0.2, -0.15) is 0 Å². The normalized spacial score (nSPS) is 22.6. The van der Waals surface area contributed by atoms with Crippen molar-refractivity contribution in [2.24, 2.45) is 5.92 Å². The molecule has 0 amide bonds. The highest BCUT2D eigenvalue weighted by Crippen LogP contribution is 2.33. The van der Waals surface area contributed by atoms with Crippen LogP contribution in [0.4, 0.5) is 0 Å². The zero-order valence-electron chi connectivity index (χ0n) is 13.6. The van der Waals surface area contributed by atoms with Crippen molar-refractivity contribution in [3.8, 4) is 5.88 Å². The molecule has 4 heteroatoms. The minimum absolute atomic E-state index is 0.119. The second-order valence-electron chi connectivity index (χ2n) is 6.31. The number of ether oxygens (including phenoxy) is 1. The molecule has 1 aliphatic heterocycles. The molecule has 0 aliphatic carbocycles. The lowest BCUT2D eigenvalue weighted by Gasteiger charge is -2.36. The van der Waals surface area contributed by atoms with Gasteiger partial charge in [-0.05, 0) is 50.1 Å². The number of rotatable bonds is 4. The Hall–Kier alpha value is -1.58. The molecule has 0 spiro atoms. The number of hydrogen-bond acceptors (Lipinski definition) is 3. The molecule has 2 aromatic rings. The number of nitrogens with one attached hydrogen (secondary N) is 1. The van der Waals surface area contributed by atoms with Crippen LogP contribution in [0.15, 0.2) is 42.6 Å². The van der Waals surface area contributed by atoms with E-state index in [0.717, 1.165) is 30.1 Å². The Kier molecular flexibility index (Phi) is 5.19. The lowest BCUT2D eigenvalue weighted by molar-refractivity contribution is 0.108. The SMILES string of the molecule is Cc1ccc(O[C@@H](C)[C@H]2CCNC[C@@H]2c2ccc(Cl)cc2)nc1. The zero-order chi connectivity index (χ0) is 16.2. The number of pyridine rings is 1. The van der Waals surface area contributed by atoms with Crippen molar-refractivity contribution >= 4 is 11.6 Å². The van der Waals surface area contributed by atoms with E-state index in [2.05, 4.69) is 29.4 Å². The van der Waals surface area contributed by atoms with Gasteiger partial charge in [0.15, 0.2) is 0 Å². The molecule has 0 saturated carbocycles. The van der Waals surface area contributed by atoms with Crippen molar-refractivity contribution in [2.45, 2.75) is 32.3 Å². The molecule has 3 nitrogen and oxygen atoms in total. The van der Waals surface area contributed by atoms with Gasteiger partial charge in [-0.15, -0.1) is 0 Å². The van der Waals surface area contributed by atoms with Gasteiger partial charge in [-0.25, -0.2) is 4.98 Å². The molecular formula is C19H23ClN2O. The number of halogens is 1. The summed E-state index contributed by atoms with van der Waals surface area (Å²) in [6.45, 7) is 6.19. The van der Waals surface area contributed by atoms with Gasteiger partial charge < -0.3 is 10.1 Å². The molecule has 2 heterocycles. The zero-order valence-corrected chi connectivity index (χ0v) is 14.4. The van der Waals surface area contributed by atoms with Gasteiger partial charge in [0.05, 0.1) is 0 Å². The van der Waals surface area contributed by atoms with E-state index in [1.165, 1.54) is 5.56 Å². The van der Waals surface area contributed by atoms with Crippen LogP contribution in [-0.2, 0) is 0 Å². The van der Waals surface area contributed by atoms with Gasteiger partial charge >= 0.3 is 0 Å². The summed E-state index contributed by atoms with van der Waals surface area (Å²) in [7, 11) is 0. The third-order valence-electron chi connectivity index (χ3n) is 4.63. The lowest BCUT2D eigenvalue weighted by Crippen LogP contribution is -2.41. The topological polar surface area (TPSA) is 34.1 Å². The van der Waals surface area contributed by atoms with E-state index in [0.29, 0.717) is 17.7 Å². The number of hydrogen-bond donors (Lipinski definition) is 1. The smallest absolute Gasteiger partial charge is 0.213 e. The highest BCUT2D eigenvalue weighted by molar-refractivity contribution is 6.30. The summed E-state index contributed by atoms with van der Waals surface area (Å²) in [5.41, 5.74) is 2.46. The van der Waals surface area contributed by atoms with E-state index >= 15 is 0 Å². The summed E-state index contributed by atoms with van der Waals surface area (Å²) in [6.07, 6.45) is 3.06. The lowest BCUT2D eigenvalue weighted by atomic mass is 9.78. The Morgan fingerprint density at radius 3 is 2.70 bits per heavy atom. The first-order valence-electron chi connectivity index (χ1n) is 8.19. The van der Waals surface area contributed by atoms with Crippen molar-refractivity contribution in [3.63, 3.8) is 0 Å². The van der Waals surface area contributed by atoms with Crippen molar-refractivity contribution < 1.29 is 4.74 Å². The molecule has 122 valence electrons. The van der Waals surface area contributed by atoms with Crippen LogP contribution >= 0.6 is 11.6 Å². The van der Waals surface area contributed by atoms with Crippen molar-refractivity contribution in [1.82, 2.24) is 10.3 Å². The maximum Gasteiger partial charge on any atom is 0.213 e. The fraction of sp³-hybridized carbons (Fsp3) is 0.421. The summed E-state index contributed by atoms with van der Waals surface area (Å²) in [5, 5.41) is 4.28. The minimum atomic E-state index is 0.119. The van der Waals surface area contributed by atoms with Crippen LogP contribution in [0.2, 0.25) is 5.02 Å². The van der Waals surface area contributed by atoms with Crippen LogP contribution in [0, 0.1) is 12.8 Å². The average Bonchev–Trinajstić information content (AvgIpc) is 2.58. The van der Waals surface area contributed by atoms with Gasteiger partial charge in [-0.3, -0.25) is 0 Å². The first-order chi connectivity index (χ1) is 11.1. The summed E-state index contributed by atoms with van der Waals surface area (Å²) < 4.78 is 6.12. The van der Waals surface area contributed by atoms with Crippen LogP contribution in [-0.4, -0.2) is 24.2 Å². The van der Waals surface area contributed by atoms with E-state index in [1.54, 1.807) is 0 Å². The minimum Gasteiger partial charge on any atom is -0.474 e. The van der Waals surface area contributed by atoms with Gasteiger partial charge in [0, 0.05) is 35.7 Å². The molecule has 23 heavy (non-hydrogen) atoms. The Bertz CT molecular complexity index is 627. The number of piperidine rings is 1. The van der Waals surface area contributed by atoms with E-state index in [-0.39, 0.29) is 6.10 Å². The standard InChI is InChI=1S/C19H23ClN2O/c1-13-3-8-19(22-11-13)23-14(2)17-9-10-21-12-18(17)15-4-6-16(20)7-5-15/h3-8,11,14,17-18,21H,9-10,12H2,1-2H3/t14-,17+,18+/m0/s1. The number of aromatic nitrogens is 1. The fourth-order valence-electron chi connectivity index (χ4n) is 3.32. The maximum absolute atomic E-state index is 6.12. The predicted molar refractivity (Wildman–Crippen MR) is 94.2 cm³/mol. The second-order valence-corrected chi connectivity index (χ2v) is 6.75. The monoisotopic (exact) mass is 330 g/mol. The molecule has 1 aromatic heterocycles. The molecule has 0 bridgehead atoms.